The Balaban J connectivity index is 2.08. The van der Waals surface area contributed by atoms with Crippen LogP contribution in [0, 0.1) is 17.0 Å². The second-order valence-corrected chi connectivity index (χ2v) is 6.59. The van der Waals surface area contributed by atoms with Crippen LogP contribution in [0.15, 0.2) is 39.2 Å². The molecule has 0 aliphatic rings. The summed E-state index contributed by atoms with van der Waals surface area (Å²) >= 11 is 4.79. The quantitative estimate of drug-likeness (QED) is 0.509. The summed E-state index contributed by atoms with van der Waals surface area (Å²) in [6, 6.07) is 8.02. The summed E-state index contributed by atoms with van der Waals surface area (Å²) in [6.07, 6.45) is 1.51. The van der Waals surface area contributed by atoms with Crippen molar-refractivity contribution in [1.29, 1.82) is 0 Å². The highest BCUT2D eigenvalue weighted by Gasteiger charge is 2.14. The van der Waals surface area contributed by atoms with Crippen molar-refractivity contribution in [3.05, 3.63) is 60.2 Å². The molecule has 0 bridgehead atoms. The first-order valence-electron chi connectivity index (χ1n) is 5.81. The summed E-state index contributed by atoms with van der Waals surface area (Å²) in [7, 11) is 0. The predicted octanol–water partition coefficient (Wildman–Crippen LogP) is 3.49. The minimum atomic E-state index is -0.515. The number of carbonyl (C=O) groups excluding carboxylic acids is 1. The third-order valence-electron chi connectivity index (χ3n) is 2.62. The van der Waals surface area contributed by atoms with E-state index in [0.717, 1.165) is 8.66 Å². The van der Waals surface area contributed by atoms with Gasteiger partial charge in [0.1, 0.15) is 0 Å². The predicted molar refractivity (Wildman–Crippen MR) is 84.9 cm³/mol. The molecule has 0 saturated heterocycles. The largest absolute Gasteiger partial charge is 0.273 e. The van der Waals surface area contributed by atoms with E-state index in [1.165, 1.54) is 35.8 Å². The van der Waals surface area contributed by atoms with Crippen LogP contribution in [0.3, 0.4) is 0 Å². The molecule has 0 spiro atoms. The Labute approximate surface area is 132 Å². The van der Waals surface area contributed by atoms with E-state index in [2.05, 4.69) is 26.5 Å². The van der Waals surface area contributed by atoms with Gasteiger partial charge in [-0.3, -0.25) is 14.9 Å². The standard InChI is InChI=1S/C13H10BrN3O3S/c1-8-2-3-9(6-11(8)17(19)20)13(18)16-15-7-10-4-5-12(14)21-10/h2-7H,1H3,(H,16,18). The average molecular weight is 368 g/mol. The first-order valence-corrected chi connectivity index (χ1v) is 7.42. The lowest BCUT2D eigenvalue weighted by atomic mass is 10.1. The number of benzene rings is 1. The molecule has 2 aromatic rings. The fraction of sp³-hybridized carbons (Fsp3) is 0.0769. The summed E-state index contributed by atoms with van der Waals surface area (Å²) in [5.74, 6) is -0.495. The van der Waals surface area contributed by atoms with Gasteiger partial charge >= 0.3 is 0 Å². The van der Waals surface area contributed by atoms with Gasteiger partial charge in [-0.2, -0.15) is 5.10 Å². The lowest BCUT2D eigenvalue weighted by Crippen LogP contribution is -2.17. The number of nitrogens with zero attached hydrogens (tertiary/aromatic N) is 2. The van der Waals surface area contributed by atoms with E-state index in [1.807, 2.05) is 12.1 Å². The Morgan fingerprint density at radius 3 is 2.81 bits per heavy atom. The van der Waals surface area contributed by atoms with Crippen molar-refractivity contribution in [2.45, 2.75) is 6.92 Å². The number of nitrogens with one attached hydrogen (secondary N) is 1. The van der Waals surface area contributed by atoms with Gasteiger partial charge in [0.15, 0.2) is 0 Å². The summed E-state index contributed by atoms with van der Waals surface area (Å²) in [5.41, 5.74) is 2.95. The van der Waals surface area contributed by atoms with E-state index in [1.54, 1.807) is 6.92 Å². The fourth-order valence-corrected chi connectivity index (χ4v) is 2.86. The van der Waals surface area contributed by atoms with Crippen molar-refractivity contribution >= 4 is 45.1 Å². The highest BCUT2D eigenvalue weighted by atomic mass is 79.9. The lowest BCUT2D eigenvalue weighted by Gasteiger charge is -2.01. The van der Waals surface area contributed by atoms with Crippen LogP contribution in [0.4, 0.5) is 5.69 Å². The first-order chi connectivity index (χ1) is 9.97. The highest BCUT2D eigenvalue weighted by Crippen LogP contribution is 2.20. The summed E-state index contributed by atoms with van der Waals surface area (Å²) in [5, 5.41) is 14.7. The number of nitro benzene ring substituents is 1. The van der Waals surface area contributed by atoms with Crippen LogP contribution >= 0.6 is 27.3 Å². The normalized spacial score (nSPS) is 10.8. The SMILES string of the molecule is Cc1ccc(C(=O)NN=Cc2ccc(Br)s2)cc1[N+](=O)[O-]. The molecule has 6 nitrogen and oxygen atoms in total. The third kappa shape index (κ3) is 3.96. The lowest BCUT2D eigenvalue weighted by molar-refractivity contribution is -0.385. The number of aryl methyl sites for hydroxylation is 1. The van der Waals surface area contributed by atoms with E-state index >= 15 is 0 Å². The maximum atomic E-state index is 11.9. The smallest absolute Gasteiger partial charge is 0.267 e. The molecular weight excluding hydrogens is 358 g/mol. The number of nitro groups is 1. The van der Waals surface area contributed by atoms with E-state index in [0.29, 0.717) is 5.56 Å². The zero-order valence-corrected chi connectivity index (χ0v) is 13.3. The number of hydrazone groups is 1. The number of rotatable bonds is 4. The van der Waals surface area contributed by atoms with Crippen LogP contribution in [-0.2, 0) is 0 Å². The number of carbonyl (C=O) groups is 1. The Bertz CT molecular complexity index is 727. The number of thiophene rings is 1. The molecule has 0 radical (unpaired) electrons. The first kappa shape index (κ1) is 15.3. The second-order valence-electron chi connectivity index (χ2n) is 4.10. The minimum Gasteiger partial charge on any atom is -0.267 e. The molecule has 1 aromatic carbocycles. The molecule has 0 unspecified atom stereocenters. The van der Waals surface area contributed by atoms with Crippen molar-refractivity contribution in [2.24, 2.45) is 5.10 Å². The fourth-order valence-electron chi connectivity index (χ4n) is 1.56. The van der Waals surface area contributed by atoms with E-state index < -0.39 is 10.8 Å². The van der Waals surface area contributed by atoms with Crippen molar-refractivity contribution in [1.82, 2.24) is 5.43 Å². The zero-order chi connectivity index (χ0) is 15.4. The average Bonchev–Trinajstić information content (AvgIpc) is 2.84. The maximum Gasteiger partial charge on any atom is 0.273 e. The van der Waals surface area contributed by atoms with Crippen LogP contribution in [0.5, 0.6) is 0 Å². The molecule has 0 aliphatic carbocycles. The minimum absolute atomic E-state index is 0.0891. The Hall–Kier alpha value is -2.06. The molecule has 2 rings (SSSR count). The van der Waals surface area contributed by atoms with Crippen LogP contribution in [0.2, 0.25) is 0 Å². The van der Waals surface area contributed by atoms with E-state index in [4.69, 9.17) is 0 Å². The molecule has 1 heterocycles. The zero-order valence-electron chi connectivity index (χ0n) is 10.9. The Kier molecular flexibility index (Phi) is 4.81. The molecular formula is C13H10BrN3O3S. The van der Waals surface area contributed by atoms with Gasteiger partial charge in [0.2, 0.25) is 0 Å². The molecule has 21 heavy (non-hydrogen) atoms. The second kappa shape index (κ2) is 6.59. The maximum absolute atomic E-state index is 11.9. The van der Waals surface area contributed by atoms with Crippen molar-refractivity contribution in [3.8, 4) is 0 Å². The van der Waals surface area contributed by atoms with Gasteiger partial charge in [0, 0.05) is 22.1 Å². The van der Waals surface area contributed by atoms with Gasteiger partial charge in [0.05, 0.1) is 14.9 Å². The summed E-state index contributed by atoms with van der Waals surface area (Å²) < 4.78 is 0.962. The molecule has 1 amide bonds. The molecule has 0 saturated carbocycles. The van der Waals surface area contributed by atoms with E-state index in [-0.39, 0.29) is 11.3 Å². The van der Waals surface area contributed by atoms with Gasteiger partial charge in [-0.1, -0.05) is 6.07 Å². The number of hydrogen-bond acceptors (Lipinski definition) is 5. The Morgan fingerprint density at radius 2 is 2.19 bits per heavy atom. The number of hydrogen-bond donors (Lipinski definition) is 1. The molecule has 0 fully saturated rings. The summed E-state index contributed by atoms with van der Waals surface area (Å²) in [6.45, 7) is 1.62. The van der Waals surface area contributed by atoms with Crippen molar-refractivity contribution in [3.63, 3.8) is 0 Å². The molecule has 0 atom stereocenters. The third-order valence-corrected chi connectivity index (χ3v) is 4.18. The van der Waals surface area contributed by atoms with Gasteiger partial charge in [-0.05, 0) is 41.1 Å². The van der Waals surface area contributed by atoms with E-state index in [9.17, 15) is 14.9 Å². The number of amides is 1. The van der Waals surface area contributed by atoms with Gasteiger partial charge < -0.3 is 0 Å². The van der Waals surface area contributed by atoms with Crippen LogP contribution in [-0.4, -0.2) is 17.0 Å². The number of halogens is 1. The topological polar surface area (TPSA) is 84.6 Å². The van der Waals surface area contributed by atoms with Crippen molar-refractivity contribution in [2.75, 3.05) is 0 Å². The molecule has 8 heteroatoms. The van der Waals surface area contributed by atoms with Crippen LogP contribution in [0.25, 0.3) is 0 Å². The van der Waals surface area contributed by atoms with Gasteiger partial charge in [0.25, 0.3) is 11.6 Å². The van der Waals surface area contributed by atoms with Crippen LogP contribution in [0.1, 0.15) is 20.8 Å². The van der Waals surface area contributed by atoms with Gasteiger partial charge in [-0.15, -0.1) is 11.3 Å². The summed E-state index contributed by atoms with van der Waals surface area (Å²) in [4.78, 5) is 23.1. The van der Waals surface area contributed by atoms with Gasteiger partial charge in [-0.25, -0.2) is 5.43 Å². The molecule has 1 aromatic heterocycles. The highest BCUT2D eigenvalue weighted by molar-refractivity contribution is 9.11. The van der Waals surface area contributed by atoms with Crippen molar-refractivity contribution < 1.29 is 9.72 Å². The van der Waals surface area contributed by atoms with Crippen LogP contribution < -0.4 is 5.43 Å². The molecule has 1 N–H and O–H groups in total. The Morgan fingerprint density at radius 1 is 1.43 bits per heavy atom. The molecule has 108 valence electrons. The molecule has 0 aliphatic heterocycles. The monoisotopic (exact) mass is 367 g/mol.